The number of nitrogens with one attached hydrogen (secondary N) is 1. The minimum atomic E-state index is -0.131. The van der Waals surface area contributed by atoms with Crippen molar-refractivity contribution in [2.24, 2.45) is 0 Å². The summed E-state index contributed by atoms with van der Waals surface area (Å²) in [5.41, 5.74) is 3.96. The van der Waals surface area contributed by atoms with Crippen LogP contribution in [0.15, 0.2) is 48.5 Å². The molecule has 3 nitrogen and oxygen atoms in total. The maximum Gasteiger partial charge on any atom is 0.248 e. The van der Waals surface area contributed by atoms with E-state index in [2.05, 4.69) is 12.2 Å². The van der Waals surface area contributed by atoms with Crippen molar-refractivity contribution in [3.63, 3.8) is 0 Å². The van der Waals surface area contributed by atoms with Crippen molar-refractivity contribution < 1.29 is 9.53 Å². The zero-order chi connectivity index (χ0) is 16.7. The second kappa shape index (κ2) is 8.18. The van der Waals surface area contributed by atoms with Crippen molar-refractivity contribution >= 4 is 17.7 Å². The van der Waals surface area contributed by atoms with Gasteiger partial charge in [-0.1, -0.05) is 37.3 Å². The van der Waals surface area contributed by atoms with Gasteiger partial charge in [0.1, 0.15) is 5.75 Å². The van der Waals surface area contributed by atoms with Gasteiger partial charge in [0.2, 0.25) is 5.91 Å². The summed E-state index contributed by atoms with van der Waals surface area (Å²) in [4.78, 5) is 12.1. The molecule has 0 saturated heterocycles. The highest BCUT2D eigenvalue weighted by Crippen LogP contribution is 2.19. The zero-order valence-corrected chi connectivity index (χ0v) is 13.9. The summed E-state index contributed by atoms with van der Waals surface area (Å²) in [6.07, 6.45) is 4.33. The molecule has 0 aliphatic heterocycles. The van der Waals surface area contributed by atoms with Gasteiger partial charge in [-0.25, -0.2) is 0 Å². The quantitative estimate of drug-likeness (QED) is 0.782. The van der Waals surface area contributed by atoms with Gasteiger partial charge in [-0.3, -0.25) is 4.79 Å². The third-order valence-corrected chi connectivity index (χ3v) is 3.51. The van der Waals surface area contributed by atoms with Crippen molar-refractivity contribution in [2.45, 2.75) is 27.2 Å². The first-order valence-electron chi connectivity index (χ1n) is 7.88. The molecular weight excluding hydrogens is 286 g/mol. The Labute approximate surface area is 138 Å². The molecule has 120 valence electrons. The van der Waals surface area contributed by atoms with Crippen molar-refractivity contribution in [3.8, 4) is 5.75 Å². The van der Waals surface area contributed by atoms with Crippen molar-refractivity contribution in [1.82, 2.24) is 0 Å². The molecule has 2 aromatic carbocycles. The predicted octanol–water partition coefficient (Wildman–Crippen LogP) is 4.74. The van der Waals surface area contributed by atoms with E-state index in [1.165, 1.54) is 0 Å². The lowest BCUT2D eigenvalue weighted by Gasteiger charge is -2.09. The minimum absolute atomic E-state index is 0.131. The highest BCUT2D eigenvalue weighted by molar-refractivity contribution is 6.02. The number of ether oxygens (including phenoxy) is 1. The Morgan fingerprint density at radius 3 is 2.35 bits per heavy atom. The first kappa shape index (κ1) is 16.8. The van der Waals surface area contributed by atoms with E-state index in [1.807, 2.05) is 56.3 Å². The molecule has 0 atom stereocenters. The van der Waals surface area contributed by atoms with Gasteiger partial charge in [0.05, 0.1) is 6.61 Å². The first-order chi connectivity index (χ1) is 11.1. The summed E-state index contributed by atoms with van der Waals surface area (Å²) in [6, 6.07) is 13.7. The number of rotatable bonds is 6. The van der Waals surface area contributed by atoms with E-state index in [1.54, 1.807) is 12.2 Å². The molecule has 0 fully saturated rings. The Kier molecular flexibility index (Phi) is 5.98. The van der Waals surface area contributed by atoms with Crippen molar-refractivity contribution in [1.29, 1.82) is 0 Å². The van der Waals surface area contributed by atoms with Crippen LogP contribution < -0.4 is 10.1 Å². The fourth-order valence-electron chi connectivity index (χ4n) is 2.24. The molecule has 23 heavy (non-hydrogen) atoms. The third kappa shape index (κ3) is 4.99. The van der Waals surface area contributed by atoms with E-state index < -0.39 is 0 Å². The van der Waals surface area contributed by atoms with Crippen LogP contribution in [-0.2, 0) is 4.79 Å². The number of hydrogen-bond acceptors (Lipinski definition) is 2. The van der Waals surface area contributed by atoms with Crippen LogP contribution in [0.4, 0.5) is 5.69 Å². The number of aryl methyl sites for hydroxylation is 2. The number of hydrogen-bond donors (Lipinski definition) is 1. The zero-order valence-electron chi connectivity index (χ0n) is 13.9. The van der Waals surface area contributed by atoms with E-state index in [4.69, 9.17) is 4.74 Å². The van der Waals surface area contributed by atoms with Crippen LogP contribution in [0.25, 0.3) is 6.08 Å². The number of benzene rings is 2. The smallest absolute Gasteiger partial charge is 0.248 e. The number of para-hydroxylation sites is 1. The lowest BCUT2D eigenvalue weighted by molar-refractivity contribution is -0.111. The maximum atomic E-state index is 12.1. The molecule has 3 heteroatoms. The molecule has 1 N–H and O–H groups in total. The third-order valence-electron chi connectivity index (χ3n) is 3.51. The van der Waals surface area contributed by atoms with Crippen LogP contribution in [0.1, 0.15) is 30.0 Å². The van der Waals surface area contributed by atoms with Crippen LogP contribution in [0.3, 0.4) is 0 Å². The number of carbonyl (C=O) groups excluding carboxylic acids is 1. The van der Waals surface area contributed by atoms with Gasteiger partial charge >= 0.3 is 0 Å². The second-order valence-electron chi connectivity index (χ2n) is 5.51. The molecule has 0 radical (unpaired) electrons. The second-order valence-corrected chi connectivity index (χ2v) is 5.51. The van der Waals surface area contributed by atoms with Gasteiger partial charge in [0, 0.05) is 11.8 Å². The van der Waals surface area contributed by atoms with Crippen LogP contribution in [-0.4, -0.2) is 12.5 Å². The summed E-state index contributed by atoms with van der Waals surface area (Å²) in [5.74, 6) is 0.720. The van der Waals surface area contributed by atoms with Crippen molar-refractivity contribution in [2.75, 3.05) is 11.9 Å². The molecule has 2 aromatic rings. The molecule has 0 aromatic heterocycles. The standard InChI is InChI=1S/C20H23NO2/c1-4-14-23-18-11-8-17(9-12-18)10-13-19(22)21-20-15(2)6-5-7-16(20)3/h5-13H,4,14H2,1-3H3,(H,21,22). The lowest BCUT2D eigenvalue weighted by atomic mass is 10.1. The van der Waals surface area contributed by atoms with E-state index >= 15 is 0 Å². The summed E-state index contributed by atoms with van der Waals surface area (Å²) in [5, 5.41) is 2.94. The van der Waals surface area contributed by atoms with Crippen LogP contribution in [0.5, 0.6) is 5.75 Å². The van der Waals surface area contributed by atoms with Crippen LogP contribution in [0.2, 0.25) is 0 Å². The average Bonchev–Trinajstić information content (AvgIpc) is 2.55. The molecule has 0 aliphatic carbocycles. The van der Waals surface area contributed by atoms with Gasteiger partial charge in [-0.2, -0.15) is 0 Å². The van der Waals surface area contributed by atoms with Gasteiger partial charge in [0.25, 0.3) is 0 Å². The van der Waals surface area contributed by atoms with Gasteiger partial charge in [0.15, 0.2) is 0 Å². The van der Waals surface area contributed by atoms with E-state index in [9.17, 15) is 4.79 Å². The van der Waals surface area contributed by atoms with Crippen LogP contribution >= 0.6 is 0 Å². The molecule has 0 heterocycles. The normalized spacial score (nSPS) is 10.7. The highest BCUT2D eigenvalue weighted by Gasteiger charge is 2.04. The molecule has 1 amide bonds. The summed E-state index contributed by atoms with van der Waals surface area (Å²) in [7, 11) is 0. The Balaban J connectivity index is 1.98. The largest absolute Gasteiger partial charge is 0.494 e. The van der Waals surface area contributed by atoms with E-state index in [0.29, 0.717) is 6.61 Å². The highest BCUT2D eigenvalue weighted by atomic mass is 16.5. The predicted molar refractivity (Wildman–Crippen MR) is 95.8 cm³/mol. The summed E-state index contributed by atoms with van der Waals surface area (Å²) < 4.78 is 5.54. The lowest BCUT2D eigenvalue weighted by Crippen LogP contribution is -2.10. The molecule has 2 rings (SSSR count). The topological polar surface area (TPSA) is 38.3 Å². The van der Waals surface area contributed by atoms with Gasteiger partial charge < -0.3 is 10.1 Å². The number of anilines is 1. The van der Waals surface area contributed by atoms with Gasteiger partial charge in [-0.15, -0.1) is 0 Å². The minimum Gasteiger partial charge on any atom is -0.494 e. The molecular formula is C20H23NO2. The fraction of sp³-hybridized carbons (Fsp3) is 0.250. The van der Waals surface area contributed by atoms with Gasteiger partial charge in [-0.05, 0) is 55.2 Å². The molecule has 0 saturated carbocycles. The first-order valence-corrected chi connectivity index (χ1v) is 7.88. The Hall–Kier alpha value is -2.55. The molecule has 0 aliphatic rings. The van der Waals surface area contributed by atoms with Crippen LogP contribution in [0, 0.1) is 13.8 Å². The Morgan fingerprint density at radius 2 is 1.74 bits per heavy atom. The molecule has 0 spiro atoms. The summed E-state index contributed by atoms with van der Waals surface area (Å²) in [6.45, 7) is 6.77. The van der Waals surface area contributed by atoms with E-state index in [-0.39, 0.29) is 5.91 Å². The Morgan fingerprint density at radius 1 is 1.09 bits per heavy atom. The Bertz CT molecular complexity index is 667. The van der Waals surface area contributed by atoms with Crippen molar-refractivity contribution in [3.05, 3.63) is 65.2 Å². The average molecular weight is 309 g/mol. The summed E-state index contributed by atoms with van der Waals surface area (Å²) >= 11 is 0. The monoisotopic (exact) mass is 309 g/mol. The maximum absolute atomic E-state index is 12.1. The van der Waals surface area contributed by atoms with E-state index in [0.717, 1.165) is 34.5 Å². The molecule has 0 unspecified atom stereocenters. The fourth-order valence-corrected chi connectivity index (χ4v) is 2.24. The molecule has 0 bridgehead atoms. The SMILES string of the molecule is CCCOc1ccc(C=CC(=O)Nc2c(C)cccc2C)cc1. The number of amides is 1. The number of carbonyl (C=O) groups is 1.